The number of aromatic hydroxyl groups is 1. The van der Waals surface area contributed by atoms with Gasteiger partial charge in [0, 0.05) is 0 Å². The van der Waals surface area contributed by atoms with E-state index in [9.17, 15) is 0 Å². The van der Waals surface area contributed by atoms with Crippen LogP contribution in [-0.2, 0) is 0 Å². The van der Waals surface area contributed by atoms with Gasteiger partial charge in [0.05, 0.1) is 11.7 Å². The molecule has 2 aromatic rings. The molecule has 0 saturated heterocycles. The van der Waals surface area contributed by atoms with Crippen LogP contribution in [0.1, 0.15) is 18.8 Å². The van der Waals surface area contributed by atoms with Gasteiger partial charge in [0.1, 0.15) is 12.1 Å². The van der Waals surface area contributed by atoms with Crippen molar-refractivity contribution < 1.29 is 5.11 Å². The molecule has 1 unspecified atom stereocenters. The number of nitrogens with zero attached hydrogens (tertiary/aromatic N) is 3. The van der Waals surface area contributed by atoms with E-state index in [-0.39, 0.29) is 11.8 Å². The van der Waals surface area contributed by atoms with Crippen molar-refractivity contribution in [1.29, 1.82) is 0 Å². The van der Waals surface area contributed by atoms with E-state index in [0.29, 0.717) is 5.82 Å². The van der Waals surface area contributed by atoms with E-state index in [4.69, 9.17) is 10.8 Å². The van der Waals surface area contributed by atoms with Gasteiger partial charge < -0.3 is 10.8 Å². The highest BCUT2D eigenvalue weighted by Gasteiger charge is 2.06. The van der Waals surface area contributed by atoms with Crippen LogP contribution in [0.15, 0.2) is 30.6 Å². The summed E-state index contributed by atoms with van der Waals surface area (Å²) >= 11 is 0. The van der Waals surface area contributed by atoms with Crippen molar-refractivity contribution >= 4 is 0 Å². The van der Waals surface area contributed by atoms with Crippen molar-refractivity contribution in [1.82, 2.24) is 14.8 Å². The van der Waals surface area contributed by atoms with Crippen molar-refractivity contribution in [2.75, 3.05) is 0 Å². The van der Waals surface area contributed by atoms with Crippen molar-refractivity contribution in [2.45, 2.75) is 13.0 Å². The maximum absolute atomic E-state index is 9.13. The minimum atomic E-state index is -0.177. The number of aromatic nitrogens is 3. The van der Waals surface area contributed by atoms with Gasteiger partial charge in [0.2, 0.25) is 0 Å². The summed E-state index contributed by atoms with van der Waals surface area (Å²) in [5, 5.41) is 13.3. The lowest BCUT2D eigenvalue weighted by atomic mass is 10.3. The third-order valence-electron chi connectivity index (χ3n) is 2.03. The number of hydrogen-bond donors (Lipinski definition) is 2. The predicted molar refractivity (Wildman–Crippen MR) is 55.6 cm³/mol. The molecule has 0 aliphatic rings. The van der Waals surface area contributed by atoms with Gasteiger partial charge in [-0.05, 0) is 31.2 Å². The molecule has 1 aromatic heterocycles. The molecular weight excluding hydrogens is 192 g/mol. The Balaban J connectivity index is 2.33. The Morgan fingerprint density at radius 3 is 2.53 bits per heavy atom. The molecular formula is C10H12N4O. The maximum Gasteiger partial charge on any atom is 0.167 e. The Morgan fingerprint density at radius 1 is 1.33 bits per heavy atom. The number of benzene rings is 1. The van der Waals surface area contributed by atoms with Gasteiger partial charge in [-0.15, -0.1) is 5.10 Å². The molecule has 0 fully saturated rings. The lowest BCUT2D eigenvalue weighted by Crippen LogP contribution is -2.07. The van der Waals surface area contributed by atoms with Crippen LogP contribution in [0, 0.1) is 0 Å². The van der Waals surface area contributed by atoms with Crippen LogP contribution in [0.2, 0.25) is 0 Å². The summed E-state index contributed by atoms with van der Waals surface area (Å²) in [6, 6.07) is 6.54. The van der Waals surface area contributed by atoms with Gasteiger partial charge in [-0.3, -0.25) is 0 Å². The second kappa shape index (κ2) is 3.70. The summed E-state index contributed by atoms with van der Waals surface area (Å²) in [7, 11) is 0. The molecule has 1 atom stereocenters. The number of rotatable bonds is 2. The van der Waals surface area contributed by atoms with Crippen molar-refractivity contribution in [3.8, 4) is 11.4 Å². The average Bonchev–Trinajstić information content (AvgIpc) is 2.68. The zero-order valence-electron chi connectivity index (χ0n) is 8.33. The minimum absolute atomic E-state index is 0.177. The molecule has 0 spiro atoms. The van der Waals surface area contributed by atoms with Crippen molar-refractivity contribution in [3.63, 3.8) is 0 Å². The summed E-state index contributed by atoms with van der Waals surface area (Å²) < 4.78 is 1.62. The van der Waals surface area contributed by atoms with E-state index in [0.717, 1.165) is 5.69 Å². The Kier molecular flexibility index (Phi) is 2.39. The van der Waals surface area contributed by atoms with E-state index in [1.165, 1.54) is 0 Å². The predicted octanol–water partition coefficient (Wildman–Crippen LogP) is 0.993. The highest BCUT2D eigenvalue weighted by molar-refractivity contribution is 5.35. The fourth-order valence-electron chi connectivity index (χ4n) is 1.21. The molecule has 0 amide bonds. The zero-order valence-corrected chi connectivity index (χ0v) is 8.33. The largest absolute Gasteiger partial charge is 0.508 e. The first-order valence-corrected chi connectivity index (χ1v) is 4.63. The van der Waals surface area contributed by atoms with E-state index in [2.05, 4.69) is 10.1 Å². The fourth-order valence-corrected chi connectivity index (χ4v) is 1.21. The zero-order chi connectivity index (χ0) is 10.8. The Hall–Kier alpha value is -1.88. The normalized spacial score (nSPS) is 12.7. The lowest BCUT2D eigenvalue weighted by molar-refractivity contribution is 0.475. The molecule has 0 radical (unpaired) electrons. The average molecular weight is 204 g/mol. The van der Waals surface area contributed by atoms with Crippen LogP contribution in [-0.4, -0.2) is 19.9 Å². The molecule has 78 valence electrons. The maximum atomic E-state index is 9.13. The number of phenols is 1. The van der Waals surface area contributed by atoms with Crippen molar-refractivity contribution in [3.05, 3.63) is 36.4 Å². The molecule has 0 saturated carbocycles. The monoisotopic (exact) mass is 204 g/mol. The molecule has 0 aliphatic carbocycles. The second-order valence-corrected chi connectivity index (χ2v) is 3.35. The van der Waals surface area contributed by atoms with Crippen LogP contribution in [0.3, 0.4) is 0 Å². The van der Waals surface area contributed by atoms with Gasteiger partial charge >= 0.3 is 0 Å². The Labute approximate surface area is 87.2 Å². The van der Waals surface area contributed by atoms with Crippen LogP contribution in [0.4, 0.5) is 0 Å². The van der Waals surface area contributed by atoms with Gasteiger partial charge in [-0.25, -0.2) is 9.67 Å². The third-order valence-corrected chi connectivity index (χ3v) is 2.03. The minimum Gasteiger partial charge on any atom is -0.508 e. The molecule has 1 heterocycles. The smallest absolute Gasteiger partial charge is 0.167 e. The van der Waals surface area contributed by atoms with Gasteiger partial charge in [-0.1, -0.05) is 0 Å². The summed E-state index contributed by atoms with van der Waals surface area (Å²) in [4.78, 5) is 4.08. The highest BCUT2D eigenvalue weighted by Crippen LogP contribution is 2.13. The number of hydrogen-bond acceptors (Lipinski definition) is 4. The molecule has 1 aromatic carbocycles. The standard InChI is InChI=1S/C10H12N4O/c1-7(11)10-12-6-14(13-10)8-2-4-9(15)5-3-8/h2-7,15H,11H2,1H3. The fraction of sp³-hybridized carbons (Fsp3) is 0.200. The molecule has 2 rings (SSSR count). The second-order valence-electron chi connectivity index (χ2n) is 3.35. The van der Waals surface area contributed by atoms with E-state index in [1.54, 1.807) is 35.3 Å². The molecule has 0 aliphatic heterocycles. The third kappa shape index (κ3) is 1.97. The van der Waals surface area contributed by atoms with Crippen LogP contribution >= 0.6 is 0 Å². The highest BCUT2D eigenvalue weighted by atomic mass is 16.3. The quantitative estimate of drug-likeness (QED) is 0.764. The van der Waals surface area contributed by atoms with Gasteiger partial charge in [0.15, 0.2) is 5.82 Å². The Bertz CT molecular complexity index is 447. The van der Waals surface area contributed by atoms with E-state index in [1.807, 2.05) is 6.92 Å². The molecule has 5 nitrogen and oxygen atoms in total. The molecule has 3 N–H and O–H groups in total. The van der Waals surface area contributed by atoms with Gasteiger partial charge in [0.25, 0.3) is 0 Å². The lowest BCUT2D eigenvalue weighted by Gasteiger charge is -2.00. The summed E-state index contributed by atoms with van der Waals surface area (Å²) in [6.45, 7) is 1.83. The van der Waals surface area contributed by atoms with Crippen LogP contribution < -0.4 is 5.73 Å². The van der Waals surface area contributed by atoms with Crippen molar-refractivity contribution in [2.24, 2.45) is 5.73 Å². The molecule has 0 bridgehead atoms. The number of phenolic OH excluding ortho intramolecular Hbond substituents is 1. The first kappa shape index (κ1) is 9.67. The first-order valence-electron chi connectivity index (χ1n) is 4.63. The van der Waals surface area contributed by atoms with E-state index < -0.39 is 0 Å². The summed E-state index contributed by atoms with van der Waals surface area (Å²) in [6.07, 6.45) is 1.60. The topological polar surface area (TPSA) is 77.0 Å². The summed E-state index contributed by atoms with van der Waals surface area (Å²) in [5.74, 6) is 0.828. The van der Waals surface area contributed by atoms with Crippen LogP contribution in [0.25, 0.3) is 5.69 Å². The summed E-state index contributed by atoms with van der Waals surface area (Å²) in [5.41, 5.74) is 6.49. The SMILES string of the molecule is CC(N)c1ncn(-c2ccc(O)cc2)n1. The molecule has 5 heteroatoms. The van der Waals surface area contributed by atoms with E-state index >= 15 is 0 Å². The van der Waals surface area contributed by atoms with Crippen LogP contribution in [0.5, 0.6) is 5.75 Å². The Morgan fingerprint density at radius 2 is 2.00 bits per heavy atom. The van der Waals surface area contributed by atoms with Gasteiger partial charge in [-0.2, -0.15) is 0 Å². The molecule has 15 heavy (non-hydrogen) atoms. The first-order chi connectivity index (χ1) is 7.16. The number of nitrogens with two attached hydrogens (primary N) is 1.